The molecular formula is C24H19F3N4O3. The molecule has 4 aromatic rings. The van der Waals surface area contributed by atoms with Crippen LogP contribution in [0.4, 0.5) is 30.2 Å². The molecule has 0 bridgehead atoms. The molecule has 174 valence electrons. The summed E-state index contributed by atoms with van der Waals surface area (Å²) in [7, 11) is 0. The Kier molecular flexibility index (Phi) is 5.89. The second kappa shape index (κ2) is 8.81. The van der Waals surface area contributed by atoms with Gasteiger partial charge in [0.1, 0.15) is 5.75 Å². The van der Waals surface area contributed by atoms with Gasteiger partial charge in [-0.05, 0) is 61.5 Å². The third-order valence-electron chi connectivity index (χ3n) is 4.98. The number of H-pyrrole nitrogens is 1. The van der Waals surface area contributed by atoms with Crippen molar-refractivity contribution in [3.8, 4) is 11.6 Å². The van der Waals surface area contributed by atoms with E-state index in [1.54, 1.807) is 55.5 Å². The van der Waals surface area contributed by atoms with Crippen LogP contribution < -0.4 is 15.8 Å². The van der Waals surface area contributed by atoms with Gasteiger partial charge < -0.3 is 25.9 Å². The van der Waals surface area contributed by atoms with Crippen molar-refractivity contribution in [3.05, 3.63) is 77.9 Å². The lowest BCUT2D eigenvalue weighted by molar-refractivity contribution is -0.274. The molecule has 0 radical (unpaired) electrons. The fraction of sp³-hybridized carbons (Fsp3) is 0.0833. The number of ether oxygens (including phenoxy) is 1. The molecule has 10 heteroatoms. The number of carbonyl (C=O) groups excluding carboxylic acids is 1. The van der Waals surface area contributed by atoms with Gasteiger partial charge in [-0.2, -0.15) is 0 Å². The number of nitrogen functional groups attached to an aromatic ring is 1. The van der Waals surface area contributed by atoms with Gasteiger partial charge in [-0.1, -0.05) is 12.1 Å². The van der Waals surface area contributed by atoms with Gasteiger partial charge in [0.05, 0.1) is 28.3 Å². The van der Waals surface area contributed by atoms with Crippen LogP contribution in [0, 0.1) is 0 Å². The molecule has 0 aliphatic rings. The number of rotatable bonds is 5. The maximum Gasteiger partial charge on any atom is 0.573 e. The van der Waals surface area contributed by atoms with Gasteiger partial charge in [-0.15, -0.1) is 13.2 Å². The normalized spacial score (nSPS) is 12.1. The average Bonchev–Trinajstić information content (AvgIpc) is 3.09. The highest BCUT2D eigenvalue weighted by Gasteiger charge is 2.31. The van der Waals surface area contributed by atoms with Crippen LogP contribution >= 0.6 is 0 Å². The third-order valence-corrected chi connectivity index (χ3v) is 4.98. The SMILES string of the molecule is CC(=Nc1ccc(C(=O)Nc2ccccc2N)cc1)c1c(O)[nH]c2ccc(OC(F)(F)F)cc12. The Morgan fingerprint density at radius 2 is 1.79 bits per heavy atom. The number of carbonyl (C=O) groups is 1. The zero-order chi connectivity index (χ0) is 24.5. The molecule has 0 atom stereocenters. The summed E-state index contributed by atoms with van der Waals surface area (Å²) in [5.41, 5.74) is 8.64. The number of aromatic nitrogens is 1. The molecule has 0 unspecified atom stereocenters. The first-order valence-electron chi connectivity index (χ1n) is 10.0. The Morgan fingerprint density at radius 3 is 2.47 bits per heavy atom. The van der Waals surface area contributed by atoms with E-state index in [0.29, 0.717) is 39.2 Å². The van der Waals surface area contributed by atoms with Crippen LogP contribution in [0.15, 0.2) is 71.7 Å². The number of aromatic hydroxyl groups is 1. The first kappa shape index (κ1) is 22.7. The summed E-state index contributed by atoms with van der Waals surface area (Å²) in [6.07, 6.45) is -4.84. The van der Waals surface area contributed by atoms with Gasteiger partial charge in [0, 0.05) is 16.5 Å². The maximum atomic E-state index is 12.6. The Hall–Kier alpha value is -4.47. The molecule has 0 aliphatic heterocycles. The summed E-state index contributed by atoms with van der Waals surface area (Å²) >= 11 is 0. The van der Waals surface area contributed by atoms with Crippen molar-refractivity contribution in [2.45, 2.75) is 13.3 Å². The summed E-state index contributed by atoms with van der Waals surface area (Å²) in [5, 5.41) is 13.4. The summed E-state index contributed by atoms with van der Waals surface area (Å²) in [5.74, 6) is -1.00. The number of alkyl halides is 3. The van der Waals surface area contributed by atoms with Crippen LogP contribution in [-0.2, 0) is 0 Å². The molecule has 0 fully saturated rings. The number of amides is 1. The van der Waals surface area contributed by atoms with Gasteiger partial charge >= 0.3 is 6.36 Å². The number of nitrogens with two attached hydrogens (primary N) is 1. The molecule has 0 spiro atoms. The molecule has 1 heterocycles. The number of hydrogen-bond donors (Lipinski definition) is 4. The van der Waals surface area contributed by atoms with Crippen LogP contribution in [-0.4, -0.2) is 28.1 Å². The van der Waals surface area contributed by atoms with Crippen LogP contribution in [0.2, 0.25) is 0 Å². The maximum absolute atomic E-state index is 12.6. The number of hydrogen-bond acceptors (Lipinski definition) is 5. The van der Waals surface area contributed by atoms with E-state index in [0.717, 1.165) is 6.07 Å². The lowest BCUT2D eigenvalue weighted by Gasteiger charge is -2.09. The minimum absolute atomic E-state index is 0.239. The van der Waals surface area contributed by atoms with E-state index in [4.69, 9.17) is 5.73 Å². The number of fused-ring (bicyclic) bond motifs is 1. The van der Waals surface area contributed by atoms with Crippen LogP contribution in [0.1, 0.15) is 22.8 Å². The first-order chi connectivity index (χ1) is 16.1. The van der Waals surface area contributed by atoms with Crippen molar-refractivity contribution in [1.29, 1.82) is 0 Å². The minimum atomic E-state index is -4.84. The van der Waals surface area contributed by atoms with Crippen LogP contribution in [0.25, 0.3) is 10.9 Å². The third kappa shape index (κ3) is 4.96. The van der Waals surface area contributed by atoms with Gasteiger partial charge in [0.2, 0.25) is 0 Å². The highest BCUT2D eigenvalue weighted by atomic mass is 19.4. The van der Waals surface area contributed by atoms with Crippen molar-refractivity contribution >= 4 is 39.6 Å². The summed E-state index contributed by atoms with van der Waals surface area (Å²) < 4.78 is 41.7. The number of para-hydroxylation sites is 2. The number of aromatic amines is 1. The second-order valence-electron chi connectivity index (χ2n) is 7.39. The standard InChI is InChI=1S/C24H19F3N4O3/c1-13(21-17-12-16(34-24(25,26)27)10-11-19(17)30-23(21)33)29-15-8-6-14(7-9-15)22(32)31-20-5-3-2-4-18(20)28/h2-12,30,33H,28H2,1H3,(H,31,32). The van der Waals surface area contributed by atoms with Crippen molar-refractivity contribution in [2.75, 3.05) is 11.1 Å². The van der Waals surface area contributed by atoms with Crippen molar-refractivity contribution in [1.82, 2.24) is 4.98 Å². The Labute approximate surface area is 191 Å². The van der Waals surface area contributed by atoms with Crippen molar-refractivity contribution < 1.29 is 27.8 Å². The van der Waals surface area contributed by atoms with Gasteiger partial charge in [-0.3, -0.25) is 9.79 Å². The highest BCUT2D eigenvalue weighted by molar-refractivity contribution is 6.13. The average molecular weight is 468 g/mol. The largest absolute Gasteiger partial charge is 0.573 e. The van der Waals surface area contributed by atoms with E-state index < -0.39 is 12.1 Å². The van der Waals surface area contributed by atoms with Gasteiger partial charge in [0.25, 0.3) is 5.91 Å². The number of halogens is 3. The number of benzene rings is 3. The van der Waals surface area contributed by atoms with E-state index in [1.165, 1.54) is 12.1 Å². The molecule has 7 nitrogen and oxygen atoms in total. The molecule has 0 saturated heterocycles. The van der Waals surface area contributed by atoms with Gasteiger partial charge in [-0.25, -0.2) is 0 Å². The van der Waals surface area contributed by atoms with Gasteiger partial charge in [0.15, 0.2) is 5.88 Å². The second-order valence-corrected chi connectivity index (χ2v) is 7.39. The van der Waals surface area contributed by atoms with E-state index in [1.807, 2.05) is 0 Å². The molecular weight excluding hydrogens is 449 g/mol. The minimum Gasteiger partial charge on any atom is -0.494 e. The molecule has 3 aromatic carbocycles. The van der Waals surface area contributed by atoms with E-state index in [-0.39, 0.29) is 17.4 Å². The van der Waals surface area contributed by atoms with E-state index in [2.05, 4.69) is 20.0 Å². The number of anilines is 2. The number of nitrogens with one attached hydrogen (secondary N) is 2. The Balaban J connectivity index is 1.58. The molecule has 34 heavy (non-hydrogen) atoms. The first-order valence-corrected chi connectivity index (χ1v) is 10.0. The molecule has 1 aromatic heterocycles. The van der Waals surface area contributed by atoms with Crippen LogP contribution in [0.5, 0.6) is 11.6 Å². The molecule has 1 amide bonds. The molecule has 0 aliphatic carbocycles. The van der Waals surface area contributed by atoms with E-state index >= 15 is 0 Å². The topological polar surface area (TPSA) is 113 Å². The number of nitrogens with zero attached hydrogens (tertiary/aromatic N) is 1. The predicted octanol–water partition coefficient (Wildman–Crippen LogP) is 5.75. The summed E-state index contributed by atoms with van der Waals surface area (Å²) in [6, 6.07) is 16.9. The zero-order valence-corrected chi connectivity index (χ0v) is 17.8. The Morgan fingerprint density at radius 1 is 1.09 bits per heavy atom. The summed E-state index contributed by atoms with van der Waals surface area (Å²) in [6.45, 7) is 1.61. The van der Waals surface area contributed by atoms with Crippen LogP contribution in [0.3, 0.4) is 0 Å². The molecule has 0 saturated carbocycles. The molecule has 4 rings (SSSR count). The summed E-state index contributed by atoms with van der Waals surface area (Å²) in [4.78, 5) is 19.6. The van der Waals surface area contributed by atoms with E-state index in [9.17, 15) is 23.1 Å². The Bertz CT molecular complexity index is 1390. The molecule has 5 N–H and O–H groups in total. The lowest BCUT2D eigenvalue weighted by Crippen LogP contribution is -2.17. The monoisotopic (exact) mass is 468 g/mol. The quantitative estimate of drug-likeness (QED) is 0.221. The van der Waals surface area contributed by atoms with Crippen molar-refractivity contribution in [2.24, 2.45) is 4.99 Å². The fourth-order valence-corrected chi connectivity index (χ4v) is 3.46. The number of aliphatic imine (C=N–C) groups is 1. The highest BCUT2D eigenvalue weighted by Crippen LogP contribution is 2.33. The zero-order valence-electron chi connectivity index (χ0n) is 17.8. The van der Waals surface area contributed by atoms with Crippen molar-refractivity contribution in [3.63, 3.8) is 0 Å². The fourth-order valence-electron chi connectivity index (χ4n) is 3.46. The lowest BCUT2D eigenvalue weighted by atomic mass is 10.1. The smallest absolute Gasteiger partial charge is 0.494 e. The predicted molar refractivity (Wildman–Crippen MR) is 124 cm³/mol.